The third-order valence-electron chi connectivity index (χ3n) is 4.56. The maximum atomic E-state index is 9.12. The first-order valence-corrected chi connectivity index (χ1v) is 9.01. The van der Waals surface area contributed by atoms with E-state index < -0.39 is 0 Å². The summed E-state index contributed by atoms with van der Waals surface area (Å²) in [6, 6.07) is 16.4. The quantitative estimate of drug-likeness (QED) is 0.876. The van der Waals surface area contributed by atoms with Gasteiger partial charge in [-0.15, -0.1) is 0 Å². The molecule has 0 spiro atoms. The highest BCUT2D eigenvalue weighted by atomic mass is 35.5. The zero-order valence-electron chi connectivity index (χ0n) is 13.5. The van der Waals surface area contributed by atoms with E-state index >= 15 is 0 Å². The normalized spacial score (nSPS) is 16.7. The van der Waals surface area contributed by atoms with Crippen molar-refractivity contribution in [2.45, 2.75) is 6.04 Å². The highest BCUT2D eigenvalue weighted by Gasteiger charge is 2.26. The van der Waals surface area contributed by atoms with Gasteiger partial charge in [-0.3, -0.25) is 9.80 Å². The largest absolute Gasteiger partial charge is 0.395 e. The average Bonchev–Trinajstić information content (AvgIpc) is 2.60. The van der Waals surface area contributed by atoms with Crippen LogP contribution in [0, 0.1) is 0 Å². The van der Waals surface area contributed by atoms with Crippen LogP contribution in [-0.4, -0.2) is 54.2 Å². The van der Waals surface area contributed by atoms with Gasteiger partial charge in [0.15, 0.2) is 0 Å². The second kappa shape index (κ2) is 8.32. The van der Waals surface area contributed by atoms with Crippen LogP contribution < -0.4 is 0 Å². The van der Waals surface area contributed by atoms with Crippen molar-refractivity contribution in [3.63, 3.8) is 0 Å². The maximum Gasteiger partial charge on any atom is 0.0602 e. The van der Waals surface area contributed by atoms with Gasteiger partial charge in [-0.2, -0.15) is 0 Å². The lowest BCUT2D eigenvalue weighted by atomic mass is 9.96. The molecule has 1 N–H and O–H groups in total. The van der Waals surface area contributed by atoms with Gasteiger partial charge in [0.2, 0.25) is 0 Å². The van der Waals surface area contributed by atoms with E-state index in [9.17, 15) is 0 Å². The summed E-state index contributed by atoms with van der Waals surface area (Å²) in [7, 11) is 0. The molecule has 0 atom stereocenters. The van der Waals surface area contributed by atoms with Crippen LogP contribution in [0.25, 0.3) is 0 Å². The molecule has 1 saturated heterocycles. The van der Waals surface area contributed by atoms with E-state index in [0.29, 0.717) is 0 Å². The summed E-state index contributed by atoms with van der Waals surface area (Å²) < 4.78 is 0. The standard InChI is InChI=1S/C19H22Cl2N2O/c20-17-5-1-15(2-6-17)19(16-3-7-18(21)8-4-16)23-11-9-22(10-12-23)13-14-24/h1-8,19,24H,9-14H2. The van der Waals surface area contributed by atoms with Crippen molar-refractivity contribution in [1.82, 2.24) is 9.80 Å². The number of piperazine rings is 1. The molecule has 2 aromatic rings. The molecule has 1 aliphatic rings. The van der Waals surface area contributed by atoms with Crippen molar-refractivity contribution in [2.75, 3.05) is 39.3 Å². The van der Waals surface area contributed by atoms with E-state index in [-0.39, 0.29) is 12.6 Å². The van der Waals surface area contributed by atoms with E-state index in [1.807, 2.05) is 24.3 Å². The molecular weight excluding hydrogens is 343 g/mol. The molecule has 1 fully saturated rings. The first-order valence-electron chi connectivity index (χ1n) is 8.25. The Morgan fingerprint density at radius 2 is 1.25 bits per heavy atom. The minimum absolute atomic E-state index is 0.191. The van der Waals surface area contributed by atoms with Crippen molar-refractivity contribution in [3.05, 3.63) is 69.7 Å². The Kier molecular flexibility index (Phi) is 6.14. The Bertz CT molecular complexity index is 592. The van der Waals surface area contributed by atoms with Gasteiger partial charge in [0.1, 0.15) is 0 Å². The number of aliphatic hydroxyl groups excluding tert-OH is 1. The average molecular weight is 365 g/mol. The highest BCUT2D eigenvalue weighted by molar-refractivity contribution is 6.30. The summed E-state index contributed by atoms with van der Waals surface area (Å²) in [4.78, 5) is 4.79. The van der Waals surface area contributed by atoms with Crippen LogP contribution in [0.4, 0.5) is 0 Å². The predicted molar refractivity (Wildman–Crippen MR) is 99.8 cm³/mol. The third kappa shape index (κ3) is 4.29. The minimum atomic E-state index is 0.191. The van der Waals surface area contributed by atoms with Crippen LogP contribution in [-0.2, 0) is 0 Å². The van der Waals surface area contributed by atoms with Gasteiger partial charge in [0, 0.05) is 42.8 Å². The Hall–Kier alpha value is -1.10. The maximum absolute atomic E-state index is 9.12. The van der Waals surface area contributed by atoms with Crippen LogP contribution in [0.5, 0.6) is 0 Å². The Labute approximate surface area is 153 Å². The summed E-state index contributed by atoms with van der Waals surface area (Å²) in [6.45, 7) is 4.85. The number of rotatable bonds is 5. The van der Waals surface area contributed by atoms with Gasteiger partial charge in [0.05, 0.1) is 12.6 Å². The number of benzene rings is 2. The van der Waals surface area contributed by atoms with Crippen molar-refractivity contribution in [3.8, 4) is 0 Å². The Balaban J connectivity index is 1.85. The highest BCUT2D eigenvalue weighted by Crippen LogP contribution is 2.31. The Morgan fingerprint density at radius 1 is 0.792 bits per heavy atom. The van der Waals surface area contributed by atoms with E-state index in [1.54, 1.807) is 0 Å². The van der Waals surface area contributed by atoms with E-state index in [0.717, 1.165) is 42.8 Å². The van der Waals surface area contributed by atoms with Crippen molar-refractivity contribution >= 4 is 23.2 Å². The fourth-order valence-electron chi connectivity index (χ4n) is 3.29. The summed E-state index contributed by atoms with van der Waals surface area (Å²) >= 11 is 12.1. The van der Waals surface area contributed by atoms with Crippen LogP contribution in [0.2, 0.25) is 10.0 Å². The number of β-amino-alcohol motifs (C(OH)–C–C–N with tert-alkyl or cyclic N) is 1. The molecule has 1 heterocycles. The summed E-state index contributed by atoms with van der Waals surface area (Å²) in [6.07, 6.45) is 0. The number of halogens is 2. The van der Waals surface area contributed by atoms with E-state index in [1.165, 1.54) is 11.1 Å². The summed E-state index contributed by atoms with van der Waals surface area (Å²) in [5.41, 5.74) is 2.47. The van der Waals surface area contributed by atoms with Crippen molar-refractivity contribution < 1.29 is 5.11 Å². The molecule has 0 saturated carbocycles. The first-order chi connectivity index (χ1) is 11.7. The molecule has 0 aliphatic carbocycles. The lowest BCUT2D eigenvalue weighted by Crippen LogP contribution is -2.48. The summed E-state index contributed by atoms with van der Waals surface area (Å²) in [5, 5.41) is 10.6. The third-order valence-corrected chi connectivity index (χ3v) is 5.06. The van der Waals surface area contributed by atoms with Crippen LogP contribution >= 0.6 is 23.2 Å². The van der Waals surface area contributed by atoms with Crippen molar-refractivity contribution in [1.29, 1.82) is 0 Å². The van der Waals surface area contributed by atoms with Crippen molar-refractivity contribution in [2.24, 2.45) is 0 Å². The van der Waals surface area contributed by atoms with Gasteiger partial charge in [0.25, 0.3) is 0 Å². The number of hydrogen-bond acceptors (Lipinski definition) is 3. The van der Waals surface area contributed by atoms with Gasteiger partial charge in [-0.1, -0.05) is 47.5 Å². The van der Waals surface area contributed by atoms with Gasteiger partial charge >= 0.3 is 0 Å². The molecule has 0 bridgehead atoms. The number of aliphatic hydroxyl groups is 1. The van der Waals surface area contributed by atoms with Gasteiger partial charge < -0.3 is 5.11 Å². The zero-order chi connectivity index (χ0) is 16.9. The summed E-state index contributed by atoms with van der Waals surface area (Å²) in [5.74, 6) is 0. The van der Waals surface area contributed by atoms with Crippen LogP contribution in [0.1, 0.15) is 17.2 Å². The molecule has 2 aromatic carbocycles. The van der Waals surface area contributed by atoms with Crippen LogP contribution in [0.3, 0.4) is 0 Å². The zero-order valence-corrected chi connectivity index (χ0v) is 15.0. The predicted octanol–water partition coefficient (Wildman–Crippen LogP) is 3.69. The molecule has 3 rings (SSSR count). The fraction of sp³-hybridized carbons (Fsp3) is 0.368. The molecule has 24 heavy (non-hydrogen) atoms. The molecule has 5 heteroatoms. The molecule has 0 aromatic heterocycles. The van der Waals surface area contributed by atoms with Gasteiger partial charge in [-0.05, 0) is 35.4 Å². The second-order valence-corrected chi connectivity index (χ2v) is 6.98. The van der Waals surface area contributed by atoms with E-state index in [4.69, 9.17) is 28.3 Å². The topological polar surface area (TPSA) is 26.7 Å². The molecular formula is C19H22Cl2N2O. The number of nitrogens with zero attached hydrogens (tertiary/aromatic N) is 2. The fourth-order valence-corrected chi connectivity index (χ4v) is 3.54. The minimum Gasteiger partial charge on any atom is -0.395 e. The second-order valence-electron chi connectivity index (χ2n) is 6.11. The monoisotopic (exact) mass is 364 g/mol. The molecule has 3 nitrogen and oxygen atoms in total. The Morgan fingerprint density at radius 3 is 1.67 bits per heavy atom. The molecule has 128 valence electrons. The van der Waals surface area contributed by atoms with Crippen LogP contribution in [0.15, 0.2) is 48.5 Å². The lowest BCUT2D eigenvalue weighted by Gasteiger charge is -2.39. The molecule has 0 unspecified atom stereocenters. The molecule has 0 radical (unpaired) electrons. The van der Waals surface area contributed by atoms with E-state index in [2.05, 4.69) is 34.1 Å². The lowest BCUT2D eigenvalue weighted by molar-refractivity contribution is 0.0945. The van der Waals surface area contributed by atoms with Gasteiger partial charge in [-0.25, -0.2) is 0 Å². The number of hydrogen-bond donors (Lipinski definition) is 1. The SMILES string of the molecule is OCCN1CCN(C(c2ccc(Cl)cc2)c2ccc(Cl)cc2)CC1. The smallest absolute Gasteiger partial charge is 0.0602 e. The first kappa shape index (κ1) is 17.7. The molecule has 1 aliphatic heterocycles. The molecule has 0 amide bonds.